The number of methoxy groups -OCH3 is 2. The molecular weight excluding hydrogens is 1040 g/mol. The minimum absolute atomic E-state index is 0.0837. The molecule has 0 saturated carbocycles. The molecule has 5 unspecified atom stereocenters. The van der Waals surface area contributed by atoms with Gasteiger partial charge in [-0.15, -0.1) is 0 Å². The molecular formula is C58H87N5O17. The fourth-order valence-corrected chi connectivity index (χ4v) is 8.47. The molecule has 3 rings (SSSR count). The van der Waals surface area contributed by atoms with E-state index in [2.05, 4.69) is 88.3 Å². The number of nitrogens with zero attached hydrogens (tertiary/aromatic N) is 3. The van der Waals surface area contributed by atoms with Crippen LogP contribution in [0, 0.1) is 0 Å². The number of amides is 2. The van der Waals surface area contributed by atoms with E-state index in [9.17, 15) is 39.6 Å². The van der Waals surface area contributed by atoms with Crippen LogP contribution in [-0.4, -0.2) is 177 Å². The standard InChI is InChI=1S/C58H87N5O17/c1-4-5-6-7-8-9-10-11-12-13-14-15-16-17-18-19-20-23-26-29-48(65)60-35-36-75-43-32-30-42(31-33-43)37-44(45(64)28-25-22-21-24-27-34-61-63-59)62-49(66)40-76-55-52(70)47(79-57(74-3)53(55)71)39-78-58-54(72)56(77-41-50(67)68)51(69)46(80-58)38-73-2/h5-6,8-9,11-12,14-15,17-18,20,23,30-33,44,46-47,51-58,69-72H,4,7,10,13,16,19,21-22,24-29,34-41H2,1-3H3,(H,60,65)(H,62,66)(H,67,68)/b6-5-,9-8-,12-11-,15-14-,18-17-,23-20-/t44?,46?,47?,51-,52-,53?,54?,55+,56+,57+,58-/m1/s1. The fourth-order valence-electron chi connectivity index (χ4n) is 8.47. The molecule has 80 heavy (non-hydrogen) atoms. The van der Waals surface area contributed by atoms with E-state index in [-0.39, 0.29) is 37.7 Å². The number of azide groups is 1. The van der Waals surface area contributed by atoms with Gasteiger partial charge in [-0.25, -0.2) is 4.79 Å². The number of hydrogen-bond donors (Lipinski definition) is 7. The summed E-state index contributed by atoms with van der Waals surface area (Å²) >= 11 is 0. The van der Waals surface area contributed by atoms with Gasteiger partial charge < -0.3 is 74.1 Å². The molecule has 2 fully saturated rings. The zero-order valence-corrected chi connectivity index (χ0v) is 46.6. The minimum Gasteiger partial charge on any atom is -0.492 e. The van der Waals surface area contributed by atoms with Crippen molar-refractivity contribution in [3.63, 3.8) is 0 Å². The van der Waals surface area contributed by atoms with Gasteiger partial charge in [0.1, 0.15) is 74.4 Å². The summed E-state index contributed by atoms with van der Waals surface area (Å²) in [6.45, 7) is 0.837. The van der Waals surface area contributed by atoms with Gasteiger partial charge in [-0.05, 0) is 87.4 Å². The number of aliphatic carboxylic acids is 1. The molecule has 0 aliphatic carbocycles. The summed E-state index contributed by atoms with van der Waals surface area (Å²) < 4.78 is 44.4. The first-order valence-electron chi connectivity index (χ1n) is 27.7. The van der Waals surface area contributed by atoms with Crippen LogP contribution in [0.1, 0.15) is 102 Å². The molecule has 22 heteroatoms. The molecule has 7 N–H and O–H groups in total. The lowest BCUT2D eigenvalue weighted by Gasteiger charge is -2.44. The van der Waals surface area contributed by atoms with Gasteiger partial charge in [0.05, 0.1) is 25.8 Å². The smallest absolute Gasteiger partial charge is 0.329 e. The number of Topliss-reactive ketones (excluding diaryl/α,β-unsaturated/α-hetero) is 1. The third-order valence-electron chi connectivity index (χ3n) is 12.7. The summed E-state index contributed by atoms with van der Waals surface area (Å²) in [5.74, 6) is -1.84. The summed E-state index contributed by atoms with van der Waals surface area (Å²) in [5, 5.41) is 62.3. The number of aliphatic hydroxyl groups excluding tert-OH is 4. The van der Waals surface area contributed by atoms with Crippen molar-refractivity contribution in [2.24, 2.45) is 5.11 Å². The van der Waals surface area contributed by atoms with Crippen LogP contribution in [0.25, 0.3) is 10.4 Å². The summed E-state index contributed by atoms with van der Waals surface area (Å²) in [7, 11) is 2.57. The maximum absolute atomic E-state index is 13.7. The van der Waals surface area contributed by atoms with E-state index in [1.807, 2.05) is 12.2 Å². The Morgan fingerprint density at radius 2 is 1.23 bits per heavy atom. The average Bonchev–Trinajstić information content (AvgIpc) is 3.45. The third kappa shape index (κ3) is 28.2. The van der Waals surface area contributed by atoms with Crippen molar-refractivity contribution >= 4 is 23.6 Å². The first-order valence-corrected chi connectivity index (χ1v) is 27.7. The van der Waals surface area contributed by atoms with Crippen LogP contribution in [0.3, 0.4) is 0 Å². The average molecular weight is 1130 g/mol. The zero-order valence-electron chi connectivity index (χ0n) is 46.6. The Morgan fingerprint density at radius 1 is 0.675 bits per heavy atom. The number of rotatable bonds is 42. The lowest BCUT2D eigenvalue weighted by molar-refractivity contribution is -0.333. The number of carboxylic acids is 1. The monoisotopic (exact) mass is 1130 g/mol. The number of allylic oxidation sites excluding steroid dienone is 12. The number of ether oxygens (including phenoxy) is 8. The van der Waals surface area contributed by atoms with Crippen molar-refractivity contribution in [1.82, 2.24) is 10.6 Å². The second-order valence-corrected chi connectivity index (χ2v) is 19.1. The van der Waals surface area contributed by atoms with Crippen LogP contribution in [0.15, 0.2) is 102 Å². The molecule has 22 nitrogen and oxygen atoms in total. The molecule has 2 heterocycles. The van der Waals surface area contributed by atoms with E-state index in [1.54, 1.807) is 24.3 Å². The molecule has 1 aromatic carbocycles. The first kappa shape index (κ1) is 68.7. The molecule has 2 amide bonds. The molecule has 1 aromatic rings. The SMILES string of the molecule is CC/C=C\C/C=C\C/C=C\C/C=C\C/C=C\C/C=C\CCC(=O)NCCOc1ccc(CC(NC(=O)CO[C@@H]2C(O)[C@@H](OC)OC(CO[C@@H]3OC(COC)[C@@H](O)[C@H](OCC(=O)O)C3O)[C@H]2O)C(=O)CCCCCCCN=[N+]=[N-])cc1. The molecule has 11 atom stereocenters. The number of carbonyl (C=O) groups excluding carboxylic acids is 3. The van der Waals surface area contributed by atoms with Crippen molar-refractivity contribution < 1.29 is 82.6 Å². The number of carboxylic acid groups (broad SMARTS) is 1. The summed E-state index contributed by atoms with van der Waals surface area (Å²) in [4.78, 5) is 53.6. The zero-order chi connectivity index (χ0) is 58.2. The Balaban J connectivity index is 1.49. The van der Waals surface area contributed by atoms with Crippen LogP contribution in [-0.2, 0) is 58.8 Å². The van der Waals surface area contributed by atoms with Crippen LogP contribution in [0.4, 0.5) is 0 Å². The van der Waals surface area contributed by atoms with Gasteiger partial charge in [0.15, 0.2) is 18.4 Å². The van der Waals surface area contributed by atoms with Crippen molar-refractivity contribution in [3.05, 3.63) is 113 Å². The normalized spacial score (nSPS) is 23.8. The van der Waals surface area contributed by atoms with Gasteiger partial charge in [-0.1, -0.05) is 116 Å². The van der Waals surface area contributed by atoms with Gasteiger partial charge in [0.2, 0.25) is 11.8 Å². The van der Waals surface area contributed by atoms with Crippen molar-refractivity contribution in [2.75, 3.05) is 60.3 Å². The van der Waals surface area contributed by atoms with E-state index >= 15 is 0 Å². The second-order valence-electron chi connectivity index (χ2n) is 19.1. The Kier molecular flexibility index (Phi) is 36.3. The van der Waals surface area contributed by atoms with Crippen LogP contribution < -0.4 is 15.4 Å². The lowest BCUT2D eigenvalue weighted by Crippen LogP contribution is -2.62. The maximum Gasteiger partial charge on any atom is 0.329 e. The summed E-state index contributed by atoms with van der Waals surface area (Å²) in [6, 6.07) is 6.03. The van der Waals surface area contributed by atoms with E-state index in [1.165, 1.54) is 14.2 Å². The number of aliphatic hydroxyl groups is 4. The van der Waals surface area contributed by atoms with Crippen LogP contribution in [0.2, 0.25) is 0 Å². The topological polar surface area (TPSA) is 316 Å². The molecule has 2 aliphatic heterocycles. The lowest BCUT2D eigenvalue weighted by atomic mass is 9.97. The first-order chi connectivity index (χ1) is 38.8. The van der Waals surface area contributed by atoms with Gasteiger partial charge in [-0.3, -0.25) is 14.4 Å². The predicted molar refractivity (Wildman–Crippen MR) is 298 cm³/mol. The van der Waals surface area contributed by atoms with Crippen molar-refractivity contribution in [3.8, 4) is 5.75 Å². The molecule has 2 aliphatic rings. The number of hydrogen-bond acceptors (Lipinski definition) is 17. The van der Waals surface area contributed by atoms with Gasteiger partial charge in [0, 0.05) is 38.5 Å². The third-order valence-corrected chi connectivity index (χ3v) is 12.7. The van der Waals surface area contributed by atoms with E-state index < -0.39 is 99.2 Å². The highest BCUT2D eigenvalue weighted by atomic mass is 16.7. The molecule has 0 radical (unpaired) electrons. The van der Waals surface area contributed by atoms with Gasteiger partial charge >= 0.3 is 5.97 Å². The highest BCUT2D eigenvalue weighted by Crippen LogP contribution is 2.28. The Hall–Kier alpha value is -5.59. The Bertz CT molecular complexity index is 2150. The van der Waals surface area contributed by atoms with Crippen LogP contribution in [0.5, 0.6) is 5.75 Å². The number of nitrogens with one attached hydrogen (secondary N) is 2. The summed E-state index contributed by atoms with van der Waals surface area (Å²) in [5.41, 5.74) is 9.23. The molecule has 2 saturated heterocycles. The number of carbonyl (C=O) groups is 4. The second kappa shape index (κ2) is 42.3. The molecule has 0 aromatic heterocycles. The fraction of sp³-hybridized carbons (Fsp3) is 0.621. The van der Waals surface area contributed by atoms with Crippen molar-refractivity contribution in [1.29, 1.82) is 0 Å². The Morgan fingerprint density at radius 3 is 1.81 bits per heavy atom. The van der Waals surface area contributed by atoms with Crippen LogP contribution >= 0.6 is 0 Å². The minimum atomic E-state index is -1.70. The quantitative estimate of drug-likeness (QED) is 0.0130. The maximum atomic E-state index is 13.7. The van der Waals surface area contributed by atoms with E-state index in [4.69, 9.17) is 48.5 Å². The Labute approximate surface area is 470 Å². The summed E-state index contributed by atoms with van der Waals surface area (Å²) in [6.07, 6.45) is 21.5. The molecule has 0 bridgehead atoms. The van der Waals surface area contributed by atoms with Crippen molar-refractivity contribution in [2.45, 2.75) is 171 Å². The molecule has 446 valence electrons. The highest BCUT2D eigenvalue weighted by Gasteiger charge is 2.49. The van der Waals surface area contributed by atoms with Gasteiger partial charge in [-0.2, -0.15) is 0 Å². The largest absolute Gasteiger partial charge is 0.492 e. The molecule has 0 spiro atoms. The van der Waals surface area contributed by atoms with E-state index in [0.29, 0.717) is 43.7 Å². The number of benzene rings is 1. The number of unbranched alkanes of at least 4 members (excludes halogenated alkanes) is 4. The highest BCUT2D eigenvalue weighted by molar-refractivity contribution is 5.89. The predicted octanol–water partition coefficient (Wildman–Crippen LogP) is 5.96. The van der Waals surface area contributed by atoms with E-state index in [0.717, 1.165) is 64.2 Å². The van der Waals surface area contributed by atoms with Gasteiger partial charge in [0.25, 0.3) is 0 Å². The number of ketones is 1.